The number of benzene rings is 1. The fourth-order valence-electron chi connectivity index (χ4n) is 3.24. The monoisotopic (exact) mass is 403 g/mol. The van der Waals surface area contributed by atoms with Crippen molar-refractivity contribution in [3.8, 4) is 0 Å². The van der Waals surface area contributed by atoms with Gasteiger partial charge in [0.1, 0.15) is 5.82 Å². The summed E-state index contributed by atoms with van der Waals surface area (Å²) in [6.07, 6.45) is 1.86. The summed E-state index contributed by atoms with van der Waals surface area (Å²) in [6, 6.07) is 4.64. The Morgan fingerprint density at radius 3 is 2.89 bits per heavy atom. The van der Waals surface area contributed by atoms with Crippen molar-refractivity contribution < 1.29 is 14.0 Å². The van der Waals surface area contributed by atoms with Crippen LogP contribution in [0.3, 0.4) is 0 Å². The first-order valence-electron chi connectivity index (χ1n) is 9.62. The maximum Gasteiger partial charge on any atom is 0.253 e. The highest BCUT2D eigenvalue weighted by molar-refractivity contribution is 7.09. The SMILES string of the molecule is Cc1ccc(C(=O)N2CCCC(c3nc(CNC(=O)C(C)C)cs3)C2)cc1F. The van der Waals surface area contributed by atoms with Crippen molar-refractivity contribution in [1.29, 1.82) is 0 Å². The molecular weight excluding hydrogens is 377 g/mol. The van der Waals surface area contributed by atoms with Crippen LogP contribution in [0.2, 0.25) is 0 Å². The molecule has 0 spiro atoms. The Morgan fingerprint density at radius 2 is 2.18 bits per heavy atom. The number of hydrogen-bond donors (Lipinski definition) is 1. The summed E-state index contributed by atoms with van der Waals surface area (Å²) >= 11 is 1.57. The Balaban J connectivity index is 1.64. The molecule has 28 heavy (non-hydrogen) atoms. The molecule has 1 N–H and O–H groups in total. The molecule has 1 atom stereocenters. The van der Waals surface area contributed by atoms with Gasteiger partial charge in [0, 0.05) is 35.9 Å². The number of halogens is 1. The number of aromatic nitrogens is 1. The molecule has 150 valence electrons. The van der Waals surface area contributed by atoms with Crippen LogP contribution in [0.5, 0.6) is 0 Å². The highest BCUT2D eigenvalue weighted by Crippen LogP contribution is 2.30. The van der Waals surface area contributed by atoms with Crippen LogP contribution in [0.1, 0.15) is 59.2 Å². The molecule has 1 fully saturated rings. The number of carbonyl (C=O) groups is 2. The average molecular weight is 404 g/mol. The quantitative estimate of drug-likeness (QED) is 0.824. The van der Waals surface area contributed by atoms with Crippen molar-refractivity contribution in [1.82, 2.24) is 15.2 Å². The minimum absolute atomic E-state index is 0.00863. The zero-order valence-electron chi connectivity index (χ0n) is 16.5. The van der Waals surface area contributed by atoms with Crippen LogP contribution in [0.4, 0.5) is 4.39 Å². The smallest absolute Gasteiger partial charge is 0.253 e. The molecule has 3 rings (SSSR count). The molecule has 1 unspecified atom stereocenters. The Labute approximate surface area is 169 Å². The van der Waals surface area contributed by atoms with Crippen LogP contribution in [0.15, 0.2) is 23.6 Å². The third-order valence-electron chi connectivity index (χ3n) is 5.01. The van der Waals surface area contributed by atoms with E-state index in [2.05, 4.69) is 10.3 Å². The van der Waals surface area contributed by atoms with Crippen LogP contribution in [0, 0.1) is 18.7 Å². The van der Waals surface area contributed by atoms with Crippen LogP contribution < -0.4 is 5.32 Å². The van der Waals surface area contributed by atoms with Crippen molar-refractivity contribution in [3.05, 3.63) is 51.2 Å². The Morgan fingerprint density at radius 1 is 1.39 bits per heavy atom. The first kappa shape index (κ1) is 20.5. The second-order valence-corrected chi connectivity index (χ2v) is 8.49. The summed E-state index contributed by atoms with van der Waals surface area (Å²) in [5.74, 6) is -0.360. The number of nitrogens with zero attached hydrogens (tertiary/aromatic N) is 2. The predicted octanol–water partition coefficient (Wildman–Crippen LogP) is 3.88. The van der Waals surface area contributed by atoms with Crippen LogP contribution in [-0.4, -0.2) is 34.8 Å². The number of carbonyl (C=O) groups excluding carboxylic acids is 2. The van der Waals surface area contributed by atoms with Gasteiger partial charge in [-0.2, -0.15) is 0 Å². The van der Waals surface area contributed by atoms with Gasteiger partial charge in [0.25, 0.3) is 5.91 Å². The average Bonchev–Trinajstić information content (AvgIpc) is 3.16. The number of rotatable bonds is 5. The van der Waals surface area contributed by atoms with Gasteiger partial charge in [0.15, 0.2) is 0 Å². The minimum atomic E-state index is -0.354. The summed E-state index contributed by atoms with van der Waals surface area (Å²) in [6.45, 7) is 7.08. The molecule has 1 aromatic carbocycles. The fourth-order valence-corrected chi connectivity index (χ4v) is 4.19. The van der Waals surface area contributed by atoms with Crippen molar-refractivity contribution in [3.63, 3.8) is 0 Å². The normalized spacial score (nSPS) is 17.0. The first-order chi connectivity index (χ1) is 13.3. The highest BCUT2D eigenvalue weighted by atomic mass is 32.1. The predicted molar refractivity (Wildman–Crippen MR) is 108 cm³/mol. The second-order valence-electron chi connectivity index (χ2n) is 7.60. The standard InChI is InChI=1S/C21H26FN3O2S/c1-13(2)19(26)23-10-17-12-28-20(24-17)16-5-4-8-25(11-16)21(27)15-7-6-14(3)18(22)9-15/h6-7,9,12-13,16H,4-5,8,10-11H2,1-3H3,(H,23,26). The number of piperidine rings is 1. The van der Waals surface area contributed by atoms with Crippen molar-refractivity contribution in [2.75, 3.05) is 13.1 Å². The van der Waals surface area contributed by atoms with E-state index in [1.165, 1.54) is 6.07 Å². The van der Waals surface area contributed by atoms with Gasteiger partial charge in [-0.3, -0.25) is 9.59 Å². The molecule has 0 radical (unpaired) electrons. The van der Waals surface area contributed by atoms with E-state index in [9.17, 15) is 14.0 Å². The molecule has 2 heterocycles. The summed E-state index contributed by atoms with van der Waals surface area (Å²) in [7, 11) is 0. The molecule has 2 amide bonds. The van der Waals surface area contributed by atoms with Gasteiger partial charge in [-0.05, 0) is 37.5 Å². The van der Waals surface area contributed by atoms with E-state index in [4.69, 9.17) is 0 Å². The summed E-state index contributed by atoms with van der Waals surface area (Å²) < 4.78 is 13.8. The van der Waals surface area contributed by atoms with Crippen molar-refractivity contribution in [2.45, 2.75) is 46.1 Å². The third kappa shape index (κ3) is 4.76. The van der Waals surface area contributed by atoms with E-state index in [-0.39, 0.29) is 29.5 Å². The summed E-state index contributed by atoms with van der Waals surface area (Å²) in [5, 5.41) is 5.83. The summed E-state index contributed by atoms with van der Waals surface area (Å²) in [4.78, 5) is 31.0. The number of likely N-dealkylation sites (tertiary alicyclic amines) is 1. The van der Waals surface area contributed by atoms with Gasteiger partial charge in [-0.15, -0.1) is 11.3 Å². The number of hydrogen-bond acceptors (Lipinski definition) is 4. The van der Waals surface area contributed by atoms with E-state index in [0.717, 1.165) is 23.5 Å². The van der Waals surface area contributed by atoms with E-state index in [1.807, 2.05) is 19.2 Å². The van der Waals surface area contributed by atoms with Crippen molar-refractivity contribution >= 4 is 23.2 Å². The van der Waals surface area contributed by atoms with Crippen molar-refractivity contribution in [2.24, 2.45) is 5.92 Å². The fraction of sp³-hybridized carbons (Fsp3) is 0.476. The molecule has 5 nitrogen and oxygen atoms in total. The number of amides is 2. The molecule has 1 saturated heterocycles. The van der Waals surface area contributed by atoms with Gasteiger partial charge >= 0.3 is 0 Å². The molecule has 2 aromatic rings. The van der Waals surface area contributed by atoms with Gasteiger partial charge in [-0.25, -0.2) is 9.37 Å². The van der Waals surface area contributed by atoms with Gasteiger partial charge in [0.05, 0.1) is 17.2 Å². The van der Waals surface area contributed by atoms with Crippen LogP contribution >= 0.6 is 11.3 Å². The van der Waals surface area contributed by atoms with Gasteiger partial charge in [0.2, 0.25) is 5.91 Å². The number of nitrogens with one attached hydrogen (secondary N) is 1. The topological polar surface area (TPSA) is 62.3 Å². The maximum atomic E-state index is 13.8. The van der Waals surface area contributed by atoms with E-state index < -0.39 is 0 Å². The first-order valence-corrected chi connectivity index (χ1v) is 10.5. The van der Waals surface area contributed by atoms with E-state index in [1.54, 1.807) is 35.3 Å². The van der Waals surface area contributed by atoms with Gasteiger partial charge < -0.3 is 10.2 Å². The maximum absolute atomic E-state index is 13.8. The Bertz CT molecular complexity index is 865. The zero-order chi connectivity index (χ0) is 20.3. The number of aryl methyl sites for hydroxylation is 1. The van der Waals surface area contributed by atoms with E-state index in [0.29, 0.717) is 30.8 Å². The van der Waals surface area contributed by atoms with Crippen LogP contribution in [0.25, 0.3) is 0 Å². The Hall–Kier alpha value is -2.28. The second kappa shape index (κ2) is 8.82. The zero-order valence-corrected chi connectivity index (χ0v) is 17.3. The molecule has 1 aliphatic rings. The molecule has 0 bridgehead atoms. The Kier molecular flexibility index (Phi) is 6.44. The van der Waals surface area contributed by atoms with E-state index >= 15 is 0 Å². The highest BCUT2D eigenvalue weighted by Gasteiger charge is 2.27. The molecule has 0 saturated carbocycles. The molecule has 7 heteroatoms. The lowest BCUT2D eigenvalue weighted by Crippen LogP contribution is -2.39. The largest absolute Gasteiger partial charge is 0.350 e. The molecule has 1 aliphatic heterocycles. The lowest BCUT2D eigenvalue weighted by molar-refractivity contribution is -0.124. The lowest BCUT2D eigenvalue weighted by Gasteiger charge is -2.32. The number of thiazole rings is 1. The third-order valence-corrected chi connectivity index (χ3v) is 6.07. The van der Waals surface area contributed by atoms with Crippen LogP contribution in [-0.2, 0) is 11.3 Å². The minimum Gasteiger partial charge on any atom is -0.350 e. The lowest BCUT2D eigenvalue weighted by atomic mass is 9.98. The molecule has 0 aliphatic carbocycles. The molecular formula is C21H26FN3O2S. The summed E-state index contributed by atoms with van der Waals surface area (Å²) in [5.41, 5.74) is 1.77. The van der Waals surface area contributed by atoms with Gasteiger partial charge in [-0.1, -0.05) is 19.9 Å². The molecule has 1 aromatic heterocycles.